The summed E-state index contributed by atoms with van der Waals surface area (Å²) in [5.74, 6) is -2.58. The summed E-state index contributed by atoms with van der Waals surface area (Å²) in [5.41, 5.74) is -0.165. The van der Waals surface area contributed by atoms with Gasteiger partial charge in [-0.05, 0) is 31.5 Å². The van der Waals surface area contributed by atoms with Crippen LogP contribution in [0.5, 0.6) is 0 Å². The second-order valence-electron chi connectivity index (χ2n) is 4.98. The SMILES string of the molecule is CCCCCCOC(=O)c1ccc(C(=O)O)cc1C(=O)OCC. The standard InChI is InChI=1S/C17H22O6/c1-3-5-6-7-10-23-16(20)13-9-8-12(15(18)19)11-14(13)17(21)22-4-2/h8-9,11H,3-7,10H2,1-2H3,(H,18,19). The van der Waals surface area contributed by atoms with Crippen molar-refractivity contribution in [3.05, 3.63) is 34.9 Å². The number of rotatable bonds is 9. The second kappa shape index (κ2) is 9.61. The van der Waals surface area contributed by atoms with E-state index < -0.39 is 17.9 Å². The fourth-order valence-electron chi connectivity index (χ4n) is 2.00. The first-order valence-electron chi connectivity index (χ1n) is 7.72. The normalized spacial score (nSPS) is 10.2. The molecule has 1 aromatic rings. The molecule has 0 spiro atoms. The van der Waals surface area contributed by atoms with Gasteiger partial charge in [0.1, 0.15) is 0 Å². The lowest BCUT2D eigenvalue weighted by Crippen LogP contribution is -2.16. The number of esters is 2. The predicted molar refractivity (Wildman–Crippen MR) is 83.8 cm³/mol. The molecule has 0 aliphatic rings. The number of carboxylic acid groups (broad SMARTS) is 1. The van der Waals surface area contributed by atoms with Crippen molar-refractivity contribution in [1.29, 1.82) is 0 Å². The molecular formula is C17H22O6. The Morgan fingerprint density at radius 2 is 1.65 bits per heavy atom. The Hall–Kier alpha value is -2.37. The summed E-state index contributed by atoms with van der Waals surface area (Å²) in [6.07, 6.45) is 3.87. The van der Waals surface area contributed by atoms with Gasteiger partial charge < -0.3 is 14.6 Å². The topological polar surface area (TPSA) is 89.9 Å². The summed E-state index contributed by atoms with van der Waals surface area (Å²) in [7, 11) is 0. The maximum atomic E-state index is 12.1. The molecule has 0 bridgehead atoms. The van der Waals surface area contributed by atoms with E-state index >= 15 is 0 Å². The first-order chi connectivity index (χ1) is 11.0. The number of carboxylic acids is 1. The van der Waals surface area contributed by atoms with Gasteiger partial charge in [-0.1, -0.05) is 26.2 Å². The van der Waals surface area contributed by atoms with Gasteiger partial charge in [0.25, 0.3) is 0 Å². The van der Waals surface area contributed by atoms with Crippen molar-refractivity contribution in [3.8, 4) is 0 Å². The lowest BCUT2D eigenvalue weighted by molar-refractivity contribution is 0.0462. The fraction of sp³-hybridized carbons (Fsp3) is 0.471. The third kappa shape index (κ3) is 5.73. The molecule has 0 saturated heterocycles. The minimum absolute atomic E-state index is 0.0175. The maximum Gasteiger partial charge on any atom is 0.339 e. The number of carbonyl (C=O) groups is 3. The lowest BCUT2D eigenvalue weighted by Gasteiger charge is -2.10. The fourth-order valence-corrected chi connectivity index (χ4v) is 2.00. The van der Waals surface area contributed by atoms with Gasteiger partial charge in [-0.3, -0.25) is 0 Å². The molecule has 126 valence electrons. The lowest BCUT2D eigenvalue weighted by atomic mass is 10.0. The van der Waals surface area contributed by atoms with Crippen LogP contribution < -0.4 is 0 Å². The van der Waals surface area contributed by atoms with Gasteiger partial charge in [0, 0.05) is 0 Å². The van der Waals surface area contributed by atoms with Crippen LogP contribution in [0.25, 0.3) is 0 Å². The van der Waals surface area contributed by atoms with E-state index in [1.165, 1.54) is 12.1 Å². The number of hydrogen-bond acceptors (Lipinski definition) is 5. The molecule has 0 saturated carbocycles. The highest BCUT2D eigenvalue weighted by atomic mass is 16.5. The van der Waals surface area contributed by atoms with E-state index in [0.717, 1.165) is 31.7 Å². The highest BCUT2D eigenvalue weighted by molar-refractivity contribution is 6.05. The monoisotopic (exact) mass is 322 g/mol. The molecule has 0 amide bonds. The first-order valence-corrected chi connectivity index (χ1v) is 7.72. The van der Waals surface area contributed by atoms with Gasteiger partial charge in [0.2, 0.25) is 0 Å². The quantitative estimate of drug-likeness (QED) is 0.554. The van der Waals surface area contributed by atoms with Crippen molar-refractivity contribution in [2.75, 3.05) is 13.2 Å². The van der Waals surface area contributed by atoms with Crippen LogP contribution >= 0.6 is 0 Å². The van der Waals surface area contributed by atoms with Crippen molar-refractivity contribution in [1.82, 2.24) is 0 Å². The summed E-state index contributed by atoms with van der Waals surface area (Å²) in [6.45, 7) is 4.11. The highest BCUT2D eigenvalue weighted by Crippen LogP contribution is 2.16. The molecule has 0 aliphatic carbocycles. The smallest absolute Gasteiger partial charge is 0.339 e. The van der Waals surface area contributed by atoms with Crippen molar-refractivity contribution >= 4 is 17.9 Å². The van der Waals surface area contributed by atoms with E-state index in [4.69, 9.17) is 14.6 Å². The number of aromatic carboxylic acids is 1. The molecule has 0 atom stereocenters. The zero-order valence-electron chi connectivity index (χ0n) is 13.5. The van der Waals surface area contributed by atoms with E-state index in [1.54, 1.807) is 6.92 Å². The maximum absolute atomic E-state index is 12.1. The molecule has 6 heteroatoms. The Morgan fingerprint density at radius 1 is 0.957 bits per heavy atom. The Morgan fingerprint density at radius 3 is 2.26 bits per heavy atom. The van der Waals surface area contributed by atoms with E-state index in [2.05, 4.69) is 6.92 Å². The minimum Gasteiger partial charge on any atom is -0.478 e. The largest absolute Gasteiger partial charge is 0.478 e. The molecule has 0 radical (unpaired) electrons. The Kier molecular flexibility index (Phi) is 7.80. The van der Waals surface area contributed by atoms with E-state index in [9.17, 15) is 14.4 Å². The molecule has 0 aromatic heterocycles. The Labute approximate surface area is 135 Å². The van der Waals surface area contributed by atoms with Crippen LogP contribution in [0, 0.1) is 0 Å². The summed E-state index contributed by atoms with van der Waals surface area (Å²) >= 11 is 0. The molecule has 0 unspecified atom stereocenters. The van der Waals surface area contributed by atoms with Gasteiger partial charge in [-0.15, -0.1) is 0 Å². The predicted octanol–water partition coefficient (Wildman–Crippen LogP) is 3.30. The molecule has 0 heterocycles. The molecule has 0 fully saturated rings. The average Bonchev–Trinajstić information content (AvgIpc) is 2.54. The number of benzene rings is 1. The number of unbranched alkanes of at least 4 members (excludes halogenated alkanes) is 3. The van der Waals surface area contributed by atoms with E-state index in [0.29, 0.717) is 0 Å². The minimum atomic E-state index is -1.19. The van der Waals surface area contributed by atoms with Crippen LogP contribution in [0.4, 0.5) is 0 Å². The van der Waals surface area contributed by atoms with Gasteiger partial charge >= 0.3 is 17.9 Å². The van der Waals surface area contributed by atoms with Crippen molar-refractivity contribution in [3.63, 3.8) is 0 Å². The van der Waals surface area contributed by atoms with Gasteiger partial charge in [-0.25, -0.2) is 14.4 Å². The van der Waals surface area contributed by atoms with Crippen LogP contribution in [0.2, 0.25) is 0 Å². The molecule has 6 nitrogen and oxygen atoms in total. The van der Waals surface area contributed by atoms with E-state index in [1.807, 2.05) is 0 Å². The van der Waals surface area contributed by atoms with Crippen LogP contribution in [-0.2, 0) is 9.47 Å². The summed E-state index contributed by atoms with van der Waals surface area (Å²) in [5, 5.41) is 9.01. The molecule has 1 N–H and O–H groups in total. The summed E-state index contributed by atoms with van der Waals surface area (Å²) in [4.78, 5) is 35.1. The molecule has 23 heavy (non-hydrogen) atoms. The highest BCUT2D eigenvalue weighted by Gasteiger charge is 2.21. The van der Waals surface area contributed by atoms with Gasteiger partial charge in [0.15, 0.2) is 0 Å². The van der Waals surface area contributed by atoms with Gasteiger partial charge in [0.05, 0.1) is 29.9 Å². The molecule has 1 aromatic carbocycles. The average molecular weight is 322 g/mol. The zero-order chi connectivity index (χ0) is 17.2. The first kappa shape index (κ1) is 18.7. The number of ether oxygens (including phenoxy) is 2. The second-order valence-corrected chi connectivity index (χ2v) is 4.98. The molecule has 1 rings (SSSR count). The van der Waals surface area contributed by atoms with E-state index in [-0.39, 0.29) is 29.9 Å². The van der Waals surface area contributed by atoms with Crippen molar-refractivity contribution in [2.45, 2.75) is 39.5 Å². The van der Waals surface area contributed by atoms with Crippen molar-refractivity contribution < 1.29 is 29.0 Å². The number of carbonyl (C=O) groups excluding carboxylic acids is 2. The summed E-state index contributed by atoms with van der Waals surface area (Å²) in [6, 6.07) is 3.68. The van der Waals surface area contributed by atoms with Crippen LogP contribution in [0.3, 0.4) is 0 Å². The Bertz CT molecular complexity index is 564. The van der Waals surface area contributed by atoms with Gasteiger partial charge in [-0.2, -0.15) is 0 Å². The third-order valence-electron chi connectivity index (χ3n) is 3.21. The number of hydrogen-bond donors (Lipinski definition) is 1. The summed E-state index contributed by atoms with van der Waals surface area (Å²) < 4.78 is 10.0. The van der Waals surface area contributed by atoms with Crippen LogP contribution in [0.15, 0.2) is 18.2 Å². The van der Waals surface area contributed by atoms with Crippen LogP contribution in [0.1, 0.15) is 70.6 Å². The molecular weight excluding hydrogens is 300 g/mol. The Balaban J connectivity index is 2.88. The molecule has 0 aliphatic heterocycles. The van der Waals surface area contributed by atoms with Crippen LogP contribution in [-0.4, -0.2) is 36.2 Å². The van der Waals surface area contributed by atoms with Crippen molar-refractivity contribution in [2.24, 2.45) is 0 Å². The zero-order valence-corrected chi connectivity index (χ0v) is 13.5. The third-order valence-corrected chi connectivity index (χ3v) is 3.21.